The number of anilines is 1. The number of carbonyl (C=O) groups is 2. The maximum atomic E-state index is 14.8. The Morgan fingerprint density at radius 3 is 2.14 bits per heavy atom. The van der Waals surface area contributed by atoms with Crippen molar-refractivity contribution in [2.24, 2.45) is 0 Å². The largest absolute Gasteiger partial charge is 0.493 e. The van der Waals surface area contributed by atoms with Crippen LogP contribution in [0.2, 0.25) is 15.1 Å². The van der Waals surface area contributed by atoms with E-state index in [1.165, 1.54) is 49.5 Å². The van der Waals surface area contributed by atoms with Crippen LogP contribution in [-0.2, 0) is 32.6 Å². The first-order chi connectivity index (χ1) is 24.5. The van der Waals surface area contributed by atoms with Gasteiger partial charge in [-0.05, 0) is 72.5 Å². The van der Waals surface area contributed by atoms with E-state index in [-0.39, 0.29) is 41.2 Å². The molecule has 270 valence electrons. The Labute approximate surface area is 314 Å². The summed E-state index contributed by atoms with van der Waals surface area (Å²) in [5, 5.41) is 4.29. The number of nitrogens with zero attached hydrogens (tertiary/aromatic N) is 2. The normalized spacial score (nSPS) is 14.0. The Morgan fingerprint density at radius 2 is 1.49 bits per heavy atom. The van der Waals surface area contributed by atoms with Gasteiger partial charge in [0.15, 0.2) is 11.5 Å². The van der Waals surface area contributed by atoms with Gasteiger partial charge in [-0.2, -0.15) is 0 Å². The number of hydrogen-bond acceptors (Lipinski definition) is 6. The van der Waals surface area contributed by atoms with E-state index in [1.807, 2.05) is 30.3 Å². The molecule has 9 nitrogen and oxygen atoms in total. The molecule has 0 heterocycles. The molecule has 13 heteroatoms. The fourth-order valence-corrected chi connectivity index (χ4v) is 8.20. The second-order valence-corrected chi connectivity index (χ2v) is 15.5. The maximum absolute atomic E-state index is 14.8. The van der Waals surface area contributed by atoms with Gasteiger partial charge >= 0.3 is 0 Å². The van der Waals surface area contributed by atoms with Crippen LogP contribution in [0.5, 0.6) is 11.5 Å². The third-order valence-electron chi connectivity index (χ3n) is 8.91. The summed E-state index contributed by atoms with van der Waals surface area (Å²) in [7, 11) is -1.55. The lowest BCUT2D eigenvalue weighted by Gasteiger charge is -2.35. The molecule has 4 aromatic carbocycles. The molecule has 51 heavy (non-hydrogen) atoms. The molecule has 1 N–H and O–H groups in total. The van der Waals surface area contributed by atoms with E-state index in [4.69, 9.17) is 44.3 Å². The average molecular weight is 773 g/mol. The Hall–Kier alpha value is -3.96. The monoisotopic (exact) mass is 771 g/mol. The SMILES string of the molecule is COc1ccc(S(=O)(=O)N(CC(=O)N(Cc2ccc(Cl)cc2Cl)C(Cc2ccccc2)C(=O)NC2CCCCC2)c2ccc(Cl)cc2)cc1OC. The Bertz CT molecular complexity index is 1920. The van der Waals surface area contributed by atoms with Crippen molar-refractivity contribution in [1.82, 2.24) is 10.2 Å². The number of halogens is 3. The molecule has 1 atom stereocenters. The highest BCUT2D eigenvalue weighted by Gasteiger charge is 2.36. The molecule has 2 amide bonds. The lowest BCUT2D eigenvalue weighted by atomic mass is 9.94. The molecule has 5 rings (SSSR count). The van der Waals surface area contributed by atoms with E-state index in [9.17, 15) is 18.0 Å². The van der Waals surface area contributed by atoms with Gasteiger partial charge in [-0.15, -0.1) is 0 Å². The fourth-order valence-electron chi connectivity index (χ4n) is 6.17. The minimum Gasteiger partial charge on any atom is -0.493 e. The number of rotatable bonds is 14. The molecule has 0 aromatic heterocycles. The zero-order valence-electron chi connectivity index (χ0n) is 28.4. The lowest BCUT2D eigenvalue weighted by Crippen LogP contribution is -2.55. The summed E-state index contributed by atoms with van der Waals surface area (Å²) >= 11 is 19.0. The van der Waals surface area contributed by atoms with Crippen molar-refractivity contribution in [1.29, 1.82) is 0 Å². The maximum Gasteiger partial charge on any atom is 0.264 e. The van der Waals surface area contributed by atoms with Gasteiger partial charge in [0, 0.05) is 40.1 Å². The third kappa shape index (κ3) is 9.68. The summed E-state index contributed by atoms with van der Waals surface area (Å²) in [5.74, 6) is -0.420. The number of nitrogens with one attached hydrogen (secondary N) is 1. The summed E-state index contributed by atoms with van der Waals surface area (Å²) in [5.41, 5.74) is 1.56. The van der Waals surface area contributed by atoms with Crippen LogP contribution in [-0.4, -0.2) is 58.0 Å². The predicted octanol–water partition coefficient (Wildman–Crippen LogP) is 7.95. The topological polar surface area (TPSA) is 105 Å². The van der Waals surface area contributed by atoms with Crippen LogP contribution in [0.15, 0.2) is 95.9 Å². The molecule has 1 aliphatic rings. The molecular weight excluding hydrogens is 733 g/mol. The van der Waals surface area contributed by atoms with Gasteiger partial charge in [0.25, 0.3) is 10.0 Å². The van der Waals surface area contributed by atoms with E-state index in [1.54, 1.807) is 30.3 Å². The molecular formula is C38H40Cl3N3O6S. The van der Waals surface area contributed by atoms with Crippen molar-refractivity contribution in [3.63, 3.8) is 0 Å². The number of benzene rings is 4. The minimum atomic E-state index is -4.40. The van der Waals surface area contributed by atoms with E-state index in [0.29, 0.717) is 26.4 Å². The van der Waals surface area contributed by atoms with Crippen LogP contribution < -0.4 is 19.1 Å². The first-order valence-electron chi connectivity index (χ1n) is 16.6. The Balaban J connectivity index is 1.59. The van der Waals surface area contributed by atoms with E-state index < -0.39 is 28.5 Å². The van der Waals surface area contributed by atoms with Crippen molar-refractivity contribution in [2.45, 2.75) is 62.0 Å². The van der Waals surface area contributed by atoms with Crippen molar-refractivity contribution >= 4 is 62.3 Å². The van der Waals surface area contributed by atoms with Gasteiger partial charge < -0.3 is 19.7 Å². The first-order valence-corrected chi connectivity index (χ1v) is 19.2. The molecule has 0 bridgehead atoms. The van der Waals surface area contributed by atoms with Gasteiger partial charge in [-0.1, -0.05) is 90.5 Å². The molecule has 0 saturated heterocycles. The fraction of sp³-hybridized carbons (Fsp3) is 0.316. The summed E-state index contributed by atoms with van der Waals surface area (Å²) in [6.07, 6.45) is 4.97. The van der Waals surface area contributed by atoms with Gasteiger partial charge in [-0.25, -0.2) is 8.42 Å². The Kier molecular flexibility index (Phi) is 13.1. The highest BCUT2D eigenvalue weighted by molar-refractivity contribution is 7.92. The third-order valence-corrected chi connectivity index (χ3v) is 11.5. The minimum absolute atomic E-state index is 0.0309. The highest BCUT2D eigenvalue weighted by Crippen LogP contribution is 2.33. The van der Waals surface area contributed by atoms with Crippen molar-refractivity contribution in [3.8, 4) is 11.5 Å². The number of ether oxygens (including phenoxy) is 2. The van der Waals surface area contributed by atoms with Gasteiger partial charge in [-0.3, -0.25) is 13.9 Å². The van der Waals surface area contributed by atoms with Gasteiger partial charge in [0.05, 0.1) is 24.8 Å². The highest BCUT2D eigenvalue weighted by atomic mass is 35.5. The molecule has 0 aliphatic heterocycles. The average Bonchev–Trinajstić information content (AvgIpc) is 3.13. The van der Waals surface area contributed by atoms with Crippen LogP contribution in [0.3, 0.4) is 0 Å². The van der Waals surface area contributed by atoms with E-state index >= 15 is 0 Å². The number of methoxy groups -OCH3 is 2. The van der Waals surface area contributed by atoms with Crippen molar-refractivity contribution < 1.29 is 27.5 Å². The summed E-state index contributed by atoms with van der Waals surface area (Å²) in [6.45, 7) is -0.735. The number of sulfonamides is 1. The van der Waals surface area contributed by atoms with Crippen LogP contribution in [0, 0.1) is 0 Å². The molecule has 1 fully saturated rings. The van der Waals surface area contributed by atoms with Crippen molar-refractivity contribution in [2.75, 3.05) is 25.1 Å². The summed E-state index contributed by atoms with van der Waals surface area (Å²) in [6, 6.07) is 23.6. The smallest absolute Gasteiger partial charge is 0.264 e. The number of amides is 2. The van der Waals surface area contributed by atoms with E-state index in [0.717, 1.165) is 42.0 Å². The summed E-state index contributed by atoms with van der Waals surface area (Å²) < 4.78 is 40.6. The molecule has 1 aliphatic carbocycles. The number of hydrogen-bond donors (Lipinski definition) is 1. The quantitative estimate of drug-likeness (QED) is 0.140. The van der Waals surface area contributed by atoms with Crippen molar-refractivity contribution in [3.05, 3.63) is 117 Å². The van der Waals surface area contributed by atoms with Crippen LogP contribution in [0.1, 0.15) is 43.2 Å². The molecule has 0 spiro atoms. The van der Waals surface area contributed by atoms with Crippen LogP contribution in [0.4, 0.5) is 5.69 Å². The summed E-state index contributed by atoms with van der Waals surface area (Å²) in [4.78, 5) is 30.4. The zero-order chi connectivity index (χ0) is 36.5. The second-order valence-electron chi connectivity index (χ2n) is 12.3. The molecule has 1 saturated carbocycles. The first kappa shape index (κ1) is 38.3. The van der Waals surface area contributed by atoms with E-state index in [2.05, 4.69) is 5.32 Å². The van der Waals surface area contributed by atoms with Crippen LogP contribution >= 0.6 is 34.8 Å². The Morgan fingerprint density at radius 1 is 0.824 bits per heavy atom. The van der Waals surface area contributed by atoms with Gasteiger partial charge in [0.1, 0.15) is 12.6 Å². The van der Waals surface area contributed by atoms with Crippen LogP contribution in [0.25, 0.3) is 0 Å². The molecule has 0 radical (unpaired) electrons. The van der Waals surface area contributed by atoms with Gasteiger partial charge in [0.2, 0.25) is 11.8 Å². The standard InChI is InChI=1S/C38H40Cl3N3O6S/c1-49-35-20-19-32(23-36(35)50-2)51(47,48)44(31-17-15-28(39)16-18-31)25-37(45)43(24-27-13-14-29(40)22-33(27)41)34(21-26-9-5-3-6-10-26)38(46)42-30-11-7-4-8-12-30/h3,5-6,9-10,13-20,22-23,30,34H,4,7-8,11-12,21,24-25H2,1-2H3,(H,42,46). The predicted molar refractivity (Wildman–Crippen MR) is 201 cm³/mol. The number of carbonyl (C=O) groups excluding carboxylic acids is 2. The second kappa shape index (κ2) is 17.5. The molecule has 1 unspecified atom stereocenters. The molecule has 4 aromatic rings. The lowest BCUT2D eigenvalue weighted by molar-refractivity contribution is -0.140. The zero-order valence-corrected chi connectivity index (χ0v) is 31.4.